The average molecular weight is 242 g/mol. The maximum Gasteiger partial charge on any atom is 0.315 e. The molecule has 98 valence electrons. The third kappa shape index (κ3) is 5.56. The molecule has 0 bridgehead atoms. The Morgan fingerprint density at radius 3 is 2.59 bits per heavy atom. The van der Waals surface area contributed by atoms with E-state index >= 15 is 0 Å². The number of carbonyl (C=O) groups is 2. The summed E-state index contributed by atoms with van der Waals surface area (Å²) in [5, 5.41) is 14.4. The second kappa shape index (κ2) is 7.14. The molecule has 0 saturated heterocycles. The topological polar surface area (TPSA) is 78.4 Å². The van der Waals surface area contributed by atoms with Crippen LogP contribution in [0.4, 0.5) is 4.79 Å². The molecule has 1 saturated carbocycles. The van der Waals surface area contributed by atoms with Crippen molar-refractivity contribution in [3.8, 4) is 0 Å². The van der Waals surface area contributed by atoms with Gasteiger partial charge in [0, 0.05) is 12.6 Å². The minimum absolute atomic E-state index is 0.125. The van der Waals surface area contributed by atoms with E-state index in [1.54, 1.807) is 6.92 Å². The molecular weight excluding hydrogens is 220 g/mol. The lowest BCUT2D eigenvalue weighted by Crippen LogP contribution is -2.41. The Bertz CT molecular complexity index is 262. The molecule has 0 aromatic carbocycles. The SMILES string of the molecule is CC(CCCNC(=O)NC1CCCC1)C(=O)O. The molecule has 0 spiro atoms. The third-order valence-corrected chi connectivity index (χ3v) is 3.21. The number of carbonyl (C=O) groups excluding carboxylic acids is 1. The number of aliphatic carboxylic acids is 1. The maximum atomic E-state index is 11.4. The van der Waals surface area contributed by atoms with E-state index < -0.39 is 5.97 Å². The van der Waals surface area contributed by atoms with Crippen molar-refractivity contribution in [2.45, 2.75) is 51.5 Å². The van der Waals surface area contributed by atoms with Crippen LogP contribution in [-0.2, 0) is 4.79 Å². The summed E-state index contributed by atoms with van der Waals surface area (Å²) in [5.74, 6) is -1.12. The lowest BCUT2D eigenvalue weighted by atomic mass is 10.1. The van der Waals surface area contributed by atoms with E-state index in [1.807, 2.05) is 0 Å². The lowest BCUT2D eigenvalue weighted by molar-refractivity contribution is -0.141. The van der Waals surface area contributed by atoms with Gasteiger partial charge in [0.25, 0.3) is 0 Å². The largest absolute Gasteiger partial charge is 0.481 e. The number of carboxylic acid groups (broad SMARTS) is 1. The summed E-state index contributed by atoms with van der Waals surface area (Å²) in [5.41, 5.74) is 0. The van der Waals surface area contributed by atoms with Crippen LogP contribution in [0.5, 0.6) is 0 Å². The van der Waals surface area contributed by atoms with Crippen LogP contribution >= 0.6 is 0 Å². The molecule has 5 heteroatoms. The average Bonchev–Trinajstić information content (AvgIpc) is 2.76. The number of hydrogen-bond donors (Lipinski definition) is 3. The Kier molecular flexibility index (Phi) is 5.80. The molecule has 0 heterocycles. The lowest BCUT2D eigenvalue weighted by Gasteiger charge is -2.13. The van der Waals surface area contributed by atoms with Crippen LogP contribution in [-0.4, -0.2) is 29.7 Å². The first-order chi connectivity index (χ1) is 8.09. The fraction of sp³-hybridized carbons (Fsp3) is 0.833. The molecule has 17 heavy (non-hydrogen) atoms. The van der Waals surface area contributed by atoms with E-state index in [2.05, 4.69) is 10.6 Å². The Morgan fingerprint density at radius 2 is 2.00 bits per heavy atom. The molecule has 3 N–H and O–H groups in total. The highest BCUT2D eigenvalue weighted by Gasteiger charge is 2.16. The minimum Gasteiger partial charge on any atom is -0.481 e. The van der Waals surface area contributed by atoms with Gasteiger partial charge < -0.3 is 15.7 Å². The van der Waals surface area contributed by atoms with Crippen molar-refractivity contribution in [3.05, 3.63) is 0 Å². The molecule has 1 aliphatic carbocycles. The summed E-state index contributed by atoms with van der Waals surface area (Å²) >= 11 is 0. The molecule has 5 nitrogen and oxygen atoms in total. The highest BCUT2D eigenvalue weighted by atomic mass is 16.4. The van der Waals surface area contributed by atoms with Crippen molar-refractivity contribution < 1.29 is 14.7 Å². The Labute approximate surface area is 102 Å². The van der Waals surface area contributed by atoms with Crippen LogP contribution in [0.2, 0.25) is 0 Å². The fourth-order valence-electron chi connectivity index (χ4n) is 2.04. The highest BCUT2D eigenvalue weighted by Crippen LogP contribution is 2.17. The molecule has 0 radical (unpaired) electrons. The van der Waals surface area contributed by atoms with E-state index in [9.17, 15) is 9.59 Å². The predicted molar refractivity (Wildman–Crippen MR) is 64.8 cm³/mol. The standard InChI is InChI=1S/C12H22N2O3/c1-9(11(15)16)5-4-8-13-12(17)14-10-6-2-3-7-10/h9-10H,2-8H2,1H3,(H,15,16)(H2,13,14,17). The van der Waals surface area contributed by atoms with Crippen molar-refractivity contribution in [2.24, 2.45) is 5.92 Å². The minimum atomic E-state index is -0.777. The van der Waals surface area contributed by atoms with Crippen molar-refractivity contribution in [3.63, 3.8) is 0 Å². The number of amides is 2. The van der Waals surface area contributed by atoms with Gasteiger partial charge in [-0.1, -0.05) is 19.8 Å². The van der Waals surface area contributed by atoms with Crippen LogP contribution in [0.1, 0.15) is 45.4 Å². The highest BCUT2D eigenvalue weighted by molar-refractivity contribution is 5.74. The molecule has 1 rings (SSSR count). The van der Waals surface area contributed by atoms with Gasteiger partial charge in [0.2, 0.25) is 0 Å². The summed E-state index contributed by atoms with van der Waals surface area (Å²) in [6.45, 7) is 2.22. The molecule has 2 amide bonds. The number of urea groups is 1. The number of nitrogens with one attached hydrogen (secondary N) is 2. The molecule has 1 atom stereocenters. The van der Waals surface area contributed by atoms with Gasteiger partial charge in [-0.2, -0.15) is 0 Å². The second-order valence-corrected chi connectivity index (χ2v) is 4.76. The van der Waals surface area contributed by atoms with Gasteiger partial charge in [-0.05, 0) is 25.7 Å². The van der Waals surface area contributed by atoms with Gasteiger partial charge in [0.1, 0.15) is 0 Å². The van der Waals surface area contributed by atoms with Crippen LogP contribution < -0.4 is 10.6 Å². The van der Waals surface area contributed by atoms with Crippen molar-refractivity contribution in [2.75, 3.05) is 6.54 Å². The van der Waals surface area contributed by atoms with Gasteiger partial charge >= 0.3 is 12.0 Å². The quantitative estimate of drug-likeness (QED) is 0.621. The number of rotatable bonds is 6. The molecule has 1 fully saturated rings. The molecule has 1 aliphatic rings. The zero-order valence-corrected chi connectivity index (χ0v) is 10.4. The summed E-state index contributed by atoms with van der Waals surface area (Å²) in [6.07, 6.45) is 5.83. The van der Waals surface area contributed by atoms with E-state index in [4.69, 9.17) is 5.11 Å². The summed E-state index contributed by atoms with van der Waals surface area (Å²) in [7, 11) is 0. The molecule has 0 aliphatic heterocycles. The first kappa shape index (κ1) is 13.8. The zero-order chi connectivity index (χ0) is 12.7. The fourth-order valence-corrected chi connectivity index (χ4v) is 2.04. The first-order valence-corrected chi connectivity index (χ1v) is 6.36. The van der Waals surface area contributed by atoms with Crippen LogP contribution in [0.3, 0.4) is 0 Å². The normalized spacial score (nSPS) is 17.7. The second-order valence-electron chi connectivity index (χ2n) is 4.76. The Morgan fingerprint density at radius 1 is 1.35 bits per heavy atom. The van der Waals surface area contributed by atoms with Crippen LogP contribution in [0.15, 0.2) is 0 Å². The molecule has 0 aromatic heterocycles. The predicted octanol–water partition coefficient (Wildman–Crippen LogP) is 1.73. The van der Waals surface area contributed by atoms with Crippen LogP contribution in [0.25, 0.3) is 0 Å². The zero-order valence-electron chi connectivity index (χ0n) is 10.4. The van der Waals surface area contributed by atoms with E-state index in [1.165, 1.54) is 12.8 Å². The Hall–Kier alpha value is -1.26. The molecule has 1 unspecified atom stereocenters. The number of carboxylic acids is 1. The summed E-state index contributed by atoms with van der Waals surface area (Å²) in [4.78, 5) is 22.0. The van der Waals surface area contributed by atoms with Crippen molar-refractivity contribution in [1.29, 1.82) is 0 Å². The van der Waals surface area contributed by atoms with Crippen LogP contribution in [0, 0.1) is 5.92 Å². The summed E-state index contributed by atoms with van der Waals surface area (Å²) in [6, 6.07) is 0.202. The monoisotopic (exact) mass is 242 g/mol. The molecular formula is C12H22N2O3. The maximum absolute atomic E-state index is 11.4. The number of hydrogen-bond acceptors (Lipinski definition) is 2. The van der Waals surface area contributed by atoms with Gasteiger partial charge in [0.15, 0.2) is 0 Å². The Balaban J connectivity index is 2.01. The van der Waals surface area contributed by atoms with Gasteiger partial charge in [-0.25, -0.2) is 4.79 Å². The first-order valence-electron chi connectivity index (χ1n) is 6.36. The van der Waals surface area contributed by atoms with Crippen molar-refractivity contribution >= 4 is 12.0 Å². The van der Waals surface area contributed by atoms with Gasteiger partial charge in [-0.3, -0.25) is 4.79 Å². The van der Waals surface area contributed by atoms with E-state index in [0.29, 0.717) is 25.4 Å². The summed E-state index contributed by atoms with van der Waals surface area (Å²) < 4.78 is 0. The van der Waals surface area contributed by atoms with Gasteiger partial charge in [0.05, 0.1) is 5.92 Å². The smallest absolute Gasteiger partial charge is 0.315 e. The van der Waals surface area contributed by atoms with Gasteiger partial charge in [-0.15, -0.1) is 0 Å². The van der Waals surface area contributed by atoms with E-state index in [-0.39, 0.29) is 11.9 Å². The van der Waals surface area contributed by atoms with E-state index in [0.717, 1.165) is 12.8 Å². The van der Waals surface area contributed by atoms with Crippen molar-refractivity contribution in [1.82, 2.24) is 10.6 Å². The third-order valence-electron chi connectivity index (χ3n) is 3.21. The molecule has 0 aromatic rings.